The maximum atomic E-state index is 13.3. The minimum Gasteiger partial charge on any atom is -0.288 e. The first-order valence-electron chi connectivity index (χ1n) is 5.41. The summed E-state index contributed by atoms with van der Waals surface area (Å²) >= 11 is 0. The van der Waals surface area contributed by atoms with Crippen LogP contribution in [0, 0.1) is 17.7 Å². The van der Waals surface area contributed by atoms with Gasteiger partial charge in [0.05, 0.1) is 5.56 Å². The van der Waals surface area contributed by atoms with Gasteiger partial charge in [-0.25, -0.2) is 4.39 Å². The molecule has 0 saturated carbocycles. The zero-order valence-electron chi connectivity index (χ0n) is 9.86. The predicted octanol–water partition coefficient (Wildman–Crippen LogP) is 2.07. The number of carbonyl (C=O) groups is 2. The Balaban J connectivity index is 2.23. The molecule has 1 aromatic heterocycles. The van der Waals surface area contributed by atoms with Gasteiger partial charge in [-0.3, -0.25) is 14.9 Å². The maximum absolute atomic E-state index is 13.3. The van der Waals surface area contributed by atoms with Gasteiger partial charge in [0.25, 0.3) is 17.8 Å². The molecule has 0 unspecified atom stereocenters. The van der Waals surface area contributed by atoms with Crippen molar-refractivity contribution in [3.05, 3.63) is 65.2 Å². The normalized spacial score (nSPS) is 10.2. The van der Waals surface area contributed by atoms with E-state index in [4.69, 9.17) is 0 Å². The summed E-state index contributed by atoms with van der Waals surface area (Å²) in [7, 11) is 0. The second-order valence-electron chi connectivity index (χ2n) is 3.75. The first-order chi connectivity index (χ1) is 9.49. The number of benzene rings is 1. The third kappa shape index (κ3) is 2.82. The molecular formula is C13H7F3N2O2. The van der Waals surface area contributed by atoms with Gasteiger partial charge in [0, 0.05) is 11.6 Å². The number of carbonyl (C=O) groups excluding carboxylic acids is 2. The van der Waals surface area contributed by atoms with Gasteiger partial charge in [0.2, 0.25) is 5.95 Å². The monoisotopic (exact) mass is 280 g/mol. The Hall–Kier alpha value is -2.70. The number of aromatic nitrogens is 1. The van der Waals surface area contributed by atoms with Crippen molar-refractivity contribution in [2.75, 3.05) is 0 Å². The molecule has 0 radical (unpaired) electrons. The van der Waals surface area contributed by atoms with Crippen LogP contribution < -0.4 is 5.32 Å². The van der Waals surface area contributed by atoms with Crippen LogP contribution >= 0.6 is 0 Å². The molecule has 1 heterocycles. The molecular weight excluding hydrogens is 273 g/mol. The molecule has 0 atom stereocenters. The van der Waals surface area contributed by atoms with Gasteiger partial charge in [-0.05, 0) is 12.1 Å². The van der Waals surface area contributed by atoms with E-state index in [0.717, 1.165) is 0 Å². The van der Waals surface area contributed by atoms with E-state index in [9.17, 15) is 22.8 Å². The highest BCUT2D eigenvalue weighted by atomic mass is 19.2. The van der Waals surface area contributed by atoms with E-state index in [1.165, 1.54) is 12.1 Å². The molecule has 0 aliphatic rings. The molecule has 1 aromatic carbocycles. The zero-order chi connectivity index (χ0) is 14.7. The van der Waals surface area contributed by atoms with Gasteiger partial charge in [-0.1, -0.05) is 18.2 Å². The van der Waals surface area contributed by atoms with Gasteiger partial charge in [0.1, 0.15) is 0 Å². The quantitative estimate of drug-likeness (QED) is 0.676. The predicted molar refractivity (Wildman–Crippen MR) is 62.3 cm³/mol. The Bertz CT molecular complexity index is 675. The molecule has 2 aromatic rings. The molecule has 4 nitrogen and oxygen atoms in total. The molecule has 20 heavy (non-hydrogen) atoms. The van der Waals surface area contributed by atoms with Crippen molar-refractivity contribution in [3.8, 4) is 0 Å². The lowest BCUT2D eigenvalue weighted by molar-refractivity contribution is 0.0845. The smallest absolute Gasteiger partial charge is 0.261 e. The highest BCUT2D eigenvalue weighted by Crippen LogP contribution is 2.11. The van der Waals surface area contributed by atoms with Crippen LogP contribution in [0.15, 0.2) is 36.4 Å². The SMILES string of the molecule is O=C(NC(=O)c1cc(F)nc(F)c1F)c1ccccc1. The van der Waals surface area contributed by atoms with Gasteiger partial charge in [-0.2, -0.15) is 13.8 Å². The van der Waals surface area contributed by atoms with E-state index in [1.807, 2.05) is 5.32 Å². The topological polar surface area (TPSA) is 59.1 Å². The fraction of sp³-hybridized carbons (Fsp3) is 0. The summed E-state index contributed by atoms with van der Waals surface area (Å²) in [4.78, 5) is 25.9. The van der Waals surface area contributed by atoms with E-state index < -0.39 is 35.1 Å². The average molecular weight is 280 g/mol. The molecule has 7 heteroatoms. The summed E-state index contributed by atoms with van der Waals surface area (Å²) in [5.41, 5.74) is -0.782. The highest BCUT2D eigenvalue weighted by molar-refractivity contribution is 6.10. The van der Waals surface area contributed by atoms with Crippen molar-refractivity contribution in [1.82, 2.24) is 10.3 Å². The fourth-order valence-corrected chi connectivity index (χ4v) is 1.47. The summed E-state index contributed by atoms with van der Waals surface area (Å²) in [6, 6.07) is 8.04. The summed E-state index contributed by atoms with van der Waals surface area (Å²) in [6.07, 6.45) is 0. The standard InChI is InChI=1S/C13H7F3N2O2/c14-9-6-8(10(15)11(16)17-9)13(20)18-12(19)7-4-2-1-3-5-7/h1-6H,(H,18,19,20). The van der Waals surface area contributed by atoms with Crippen LogP contribution in [-0.4, -0.2) is 16.8 Å². The summed E-state index contributed by atoms with van der Waals surface area (Å²) in [6.45, 7) is 0. The summed E-state index contributed by atoms with van der Waals surface area (Å²) in [5, 5.41) is 1.83. The fourth-order valence-electron chi connectivity index (χ4n) is 1.47. The minimum atomic E-state index is -1.75. The lowest BCUT2D eigenvalue weighted by atomic mass is 10.2. The summed E-state index contributed by atoms with van der Waals surface area (Å²) in [5.74, 6) is -6.79. The molecule has 0 aliphatic carbocycles. The third-order valence-corrected chi connectivity index (χ3v) is 2.39. The minimum absolute atomic E-state index is 0.149. The van der Waals surface area contributed by atoms with Crippen molar-refractivity contribution in [2.45, 2.75) is 0 Å². The number of nitrogens with zero attached hydrogens (tertiary/aromatic N) is 1. The molecule has 0 saturated heterocycles. The van der Waals surface area contributed by atoms with Crippen molar-refractivity contribution < 1.29 is 22.8 Å². The lowest BCUT2D eigenvalue weighted by Crippen LogP contribution is -2.31. The van der Waals surface area contributed by atoms with Gasteiger partial charge < -0.3 is 0 Å². The first-order valence-corrected chi connectivity index (χ1v) is 5.41. The van der Waals surface area contributed by atoms with Gasteiger partial charge in [0.15, 0.2) is 5.82 Å². The Labute approximate surface area is 111 Å². The van der Waals surface area contributed by atoms with Crippen molar-refractivity contribution in [1.29, 1.82) is 0 Å². The Morgan fingerprint density at radius 3 is 2.30 bits per heavy atom. The Morgan fingerprint density at radius 2 is 1.65 bits per heavy atom. The molecule has 0 spiro atoms. The van der Waals surface area contributed by atoms with E-state index >= 15 is 0 Å². The summed E-state index contributed by atoms with van der Waals surface area (Å²) < 4.78 is 39.0. The van der Waals surface area contributed by atoms with Crippen LogP contribution in [-0.2, 0) is 0 Å². The largest absolute Gasteiger partial charge is 0.288 e. The molecule has 102 valence electrons. The van der Waals surface area contributed by atoms with Crippen LogP contribution in [0.5, 0.6) is 0 Å². The number of amides is 2. The zero-order valence-corrected chi connectivity index (χ0v) is 9.86. The number of rotatable bonds is 2. The molecule has 0 bridgehead atoms. The Morgan fingerprint density at radius 1 is 1.00 bits per heavy atom. The van der Waals surface area contributed by atoms with Gasteiger partial charge >= 0.3 is 0 Å². The van der Waals surface area contributed by atoms with Gasteiger partial charge in [-0.15, -0.1) is 0 Å². The van der Waals surface area contributed by atoms with Crippen molar-refractivity contribution >= 4 is 11.8 Å². The second-order valence-corrected chi connectivity index (χ2v) is 3.75. The number of hydrogen-bond donors (Lipinski definition) is 1. The molecule has 0 fully saturated rings. The molecule has 0 aliphatic heterocycles. The number of halogens is 3. The molecule has 1 N–H and O–H groups in total. The van der Waals surface area contributed by atoms with Crippen LogP contribution in [0.1, 0.15) is 20.7 Å². The van der Waals surface area contributed by atoms with E-state index in [0.29, 0.717) is 6.07 Å². The van der Waals surface area contributed by atoms with Crippen LogP contribution in [0.25, 0.3) is 0 Å². The van der Waals surface area contributed by atoms with E-state index in [-0.39, 0.29) is 5.56 Å². The number of nitrogens with one attached hydrogen (secondary N) is 1. The second kappa shape index (κ2) is 5.52. The van der Waals surface area contributed by atoms with Crippen molar-refractivity contribution in [2.24, 2.45) is 0 Å². The third-order valence-electron chi connectivity index (χ3n) is 2.39. The maximum Gasteiger partial charge on any atom is 0.261 e. The van der Waals surface area contributed by atoms with E-state index in [2.05, 4.69) is 4.98 Å². The lowest BCUT2D eigenvalue weighted by Gasteiger charge is -2.05. The average Bonchev–Trinajstić information content (AvgIpc) is 2.43. The molecule has 2 rings (SSSR count). The van der Waals surface area contributed by atoms with Crippen LogP contribution in [0.2, 0.25) is 0 Å². The Kier molecular flexibility index (Phi) is 3.79. The van der Waals surface area contributed by atoms with Crippen molar-refractivity contribution in [3.63, 3.8) is 0 Å². The molecule has 2 amide bonds. The first kappa shape index (κ1) is 13.7. The van der Waals surface area contributed by atoms with Crippen LogP contribution in [0.3, 0.4) is 0 Å². The number of imide groups is 1. The van der Waals surface area contributed by atoms with E-state index in [1.54, 1.807) is 18.2 Å². The highest BCUT2D eigenvalue weighted by Gasteiger charge is 2.20. The number of hydrogen-bond acceptors (Lipinski definition) is 3. The number of pyridine rings is 1. The van der Waals surface area contributed by atoms with Crippen LogP contribution in [0.4, 0.5) is 13.2 Å².